The summed E-state index contributed by atoms with van der Waals surface area (Å²) in [5.41, 5.74) is 4.62. The minimum atomic E-state index is 0.627. The third kappa shape index (κ3) is 2.15. The predicted octanol–water partition coefficient (Wildman–Crippen LogP) is 3.75. The Hall–Kier alpha value is -0.820. The summed E-state index contributed by atoms with van der Waals surface area (Å²) < 4.78 is 0. The van der Waals surface area contributed by atoms with Crippen molar-refractivity contribution in [1.29, 1.82) is 0 Å². The molecule has 1 heteroatoms. The monoisotopic (exact) mass is 217 g/mol. The van der Waals surface area contributed by atoms with E-state index in [0.29, 0.717) is 12.0 Å². The van der Waals surface area contributed by atoms with Gasteiger partial charge in [0.15, 0.2) is 0 Å². The largest absolute Gasteiger partial charge is 0.302 e. The topological polar surface area (TPSA) is 3.24 Å². The smallest absolute Gasteiger partial charge is 0.0344 e. The van der Waals surface area contributed by atoms with E-state index in [9.17, 15) is 0 Å². The number of fused-ring (bicyclic) bond motifs is 1. The van der Waals surface area contributed by atoms with Gasteiger partial charge in [0.05, 0.1) is 0 Å². The van der Waals surface area contributed by atoms with Gasteiger partial charge in [-0.3, -0.25) is 0 Å². The first kappa shape index (κ1) is 11.7. The second kappa shape index (κ2) is 4.58. The predicted molar refractivity (Wildman–Crippen MR) is 69.9 cm³/mol. The van der Waals surface area contributed by atoms with E-state index in [4.69, 9.17) is 0 Å². The minimum absolute atomic E-state index is 0.627. The highest BCUT2D eigenvalue weighted by Gasteiger charge is 2.22. The van der Waals surface area contributed by atoms with Gasteiger partial charge in [-0.25, -0.2) is 0 Å². The Balaban J connectivity index is 2.40. The molecule has 0 saturated carbocycles. The second-order valence-electron chi connectivity index (χ2n) is 5.48. The van der Waals surface area contributed by atoms with E-state index in [1.807, 2.05) is 0 Å². The highest BCUT2D eigenvalue weighted by molar-refractivity contribution is 5.37. The number of aryl methyl sites for hydroxylation is 1. The summed E-state index contributed by atoms with van der Waals surface area (Å²) in [6.45, 7) is 4.55. The first-order chi connectivity index (χ1) is 7.59. The van der Waals surface area contributed by atoms with Crippen LogP contribution < -0.4 is 0 Å². The van der Waals surface area contributed by atoms with Crippen molar-refractivity contribution in [2.45, 2.75) is 45.1 Å². The van der Waals surface area contributed by atoms with Gasteiger partial charge in [0.25, 0.3) is 0 Å². The molecule has 0 amide bonds. The van der Waals surface area contributed by atoms with Gasteiger partial charge in [0.1, 0.15) is 0 Å². The van der Waals surface area contributed by atoms with Gasteiger partial charge in [-0.15, -0.1) is 0 Å². The number of hydrogen-bond donors (Lipinski definition) is 0. The highest BCUT2D eigenvalue weighted by atomic mass is 15.1. The molecule has 0 bridgehead atoms. The van der Waals surface area contributed by atoms with E-state index in [0.717, 1.165) is 0 Å². The second-order valence-corrected chi connectivity index (χ2v) is 5.48. The van der Waals surface area contributed by atoms with E-state index in [-0.39, 0.29) is 0 Å². The van der Waals surface area contributed by atoms with Crippen LogP contribution in [0.25, 0.3) is 0 Å². The Morgan fingerprint density at radius 2 is 2.00 bits per heavy atom. The molecule has 0 aliphatic heterocycles. The van der Waals surface area contributed by atoms with E-state index in [1.165, 1.54) is 24.8 Å². The van der Waals surface area contributed by atoms with E-state index in [2.05, 4.69) is 51.0 Å². The molecule has 0 spiro atoms. The normalized spacial score (nSPS) is 20.2. The van der Waals surface area contributed by atoms with Crippen molar-refractivity contribution in [2.24, 2.45) is 0 Å². The van der Waals surface area contributed by atoms with Crippen LogP contribution in [0.2, 0.25) is 0 Å². The van der Waals surface area contributed by atoms with Crippen LogP contribution >= 0.6 is 0 Å². The molecule has 0 radical (unpaired) electrons. The molecule has 0 aromatic heterocycles. The molecule has 1 nitrogen and oxygen atoms in total. The fraction of sp³-hybridized carbons (Fsp3) is 0.600. The average molecular weight is 217 g/mol. The molecule has 88 valence electrons. The van der Waals surface area contributed by atoms with Crippen molar-refractivity contribution < 1.29 is 0 Å². The molecule has 1 aliphatic carbocycles. The molecule has 1 atom stereocenters. The van der Waals surface area contributed by atoms with E-state index in [1.54, 1.807) is 11.1 Å². The van der Waals surface area contributed by atoms with Gasteiger partial charge >= 0.3 is 0 Å². The molecule has 0 fully saturated rings. The maximum absolute atomic E-state index is 2.43. The summed E-state index contributed by atoms with van der Waals surface area (Å²) in [4.78, 5) is 2.36. The van der Waals surface area contributed by atoms with Crippen molar-refractivity contribution >= 4 is 0 Å². The Bertz CT molecular complexity index is 366. The van der Waals surface area contributed by atoms with Crippen LogP contribution in [0.1, 0.15) is 55.3 Å². The summed E-state index contributed by atoms with van der Waals surface area (Å²) in [7, 11) is 4.39. The Kier molecular flexibility index (Phi) is 3.34. The lowest BCUT2D eigenvalue weighted by Crippen LogP contribution is -2.24. The zero-order chi connectivity index (χ0) is 11.7. The molecule has 1 aliphatic rings. The molecule has 0 N–H and O–H groups in total. The van der Waals surface area contributed by atoms with Crippen molar-refractivity contribution in [2.75, 3.05) is 14.1 Å². The van der Waals surface area contributed by atoms with Crippen molar-refractivity contribution in [1.82, 2.24) is 4.90 Å². The molecule has 2 rings (SSSR count). The lowest BCUT2D eigenvalue weighted by atomic mass is 9.84. The molecule has 0 heterocycles. The standard InChI is InChI=1S/C15H23N/c1-11(2)13-9-8-12-6-5-7-15(16(3)4)14(12)10-13/h8-11,15H,5-7H2,1-4H3. The van der Waals surface area contributed by atoms with Crippen LogP contribution in [0.3, 0.4) is 0 Å². The van der Waals surface area contributed by atoms with Crippen LogP contribution in [0, 0.1) is 0 Å². The summed E-state index contributed by atoms with van der Waals surface area (Å²) in [6, 6.07) is 7.72. The molecular formula is C15H23N. The van der Waals surface area contributed by atoms with Crippen LogP contribution in [0.15, 0.2) is 18.2 Å². The number of benzene rings is 1. The van der Waals surface area contributed by atoms with E-state index < -0.39 is 0 Å². The number of nitrogens with zero attached hydrogens (tertiary/aromatic N) is 1. The molecule has 1 aromatic rings. The number of hydrogen-bond acceptors (Lipinski definition) is 1. The average Bonchev–Trinajstić information content (AvgIpc) is 2.27. The van der Waals surface area contributed by atoms with Crippen LogP contribution in [0.4, 0.5) is 0 Å². The lowest BCUT2D eigenvalue weighted by molar-refractivity contribution is 0.268. The minimum Gasteiger partial charge on any atom is -0.302 e. The van der Waals surface area contributed by atoms with Crippen LogP contribution in [-0.2, 0) is 6.42 Å². The van der Waals surface area contributed by atoms with Crippen molar-refractivity contribution in [3.63, 3.8) is 0 Å². The SMILES string of the molecule is CC(C)c1ccc2c(c1)C(N(C)C)CCC2. The lowest BCUT2D eigenvalue weighted by Gasteiger charge is -2.31. The first-order valence-corrected chi connectivity index (χ1v) is 6.38. The zero-order valence-electron chi connectivity index (χ0n) is 11.0. The molecule has 0 saturated heterocycles. The maximum Gasteiger partial charge on any atom is 0.0344 e. The van der Waals surface area contributed by atoms with Gasteiger partial charge in [0.2, 0.25) is 0 Å². The summed E-state index contributed by atoms with van der Waals surface area (Å²) >= 11 is 0. The Labute approximate surface area is 99.5 Å². The summed E-state index contributed by atoms with van der Waals surface area (Å²) in [5.74, 6) is 0.634. The van der Waals surface area contributed by atoms with Gasteiger partial charge < -0.3 is 4.90 Å². The Morgan fingerprint density at radius 3 is 2.62 bits per heavy atom. The molecule has 1 aromatic carbocycles. The van der Waals surface area contributed by atoms with Gasteiger partial charge in [0, 0.05) is 6.04 Å². The van der Waals surface area contributed by atoms with Crippen molar-refractivity contribution in [3.05, 3.63) is 34.9 Å². The summed E-state index contributed by atoms with van der Waals surface area (Å²) in [5, 5.41) is 0. The summed E-state index contributed by atoms with van der Waals surface area (Å²) in [6.07, 6.45) is 3.90. The van der Waals surface area contributed by atoms with Gasteiger partial charge in [-0.2, -0.15) is 0 Å². The fourth-order valence-corrected chi connectivity index (χ4v) is 2.69. The number of rotatable bonds is 2. The van der Waals surface area contributed by atoms with Crippen LogP contribution in [0.5, 0.6) is 0 Å². The van der Waals surface area contributed by atoms with Crippen molar-refractivity contribution in [3.8, 4) is 0 Å². The third-order valence-corrected chi connectivity index (χ3v) is 3.74. The van der Waals surface area contributed by atoms with Gasteiger partial charge in [-0.05, 0) is 56.0 Å². The van der Waals surface area contributed by atoms with E-state index >= 15 is 0 Å². The maximum atomic E-state index is 2.43. The zero-order valence-corrected chi connectivity index (χ0v) is 11.0. The van der Waals surface area contributed by atoms with Crippen LogP contribution in [-0.4, -0.2) is 19.0 Å². The quantitative estimate of drug-likeness (QED) is 0.729. The third-order valence-electron chi connectivity index (χ3n) is 3.74. The molecule has 16 heavy (non-hydrogen) atoms. The Morgan fingerprint density at radius 1 is 1.25 bits per heavy atom. The highest BCUT2D eigenvalue weighted by Crippen LogP contribution is 2.34. The fourth-order valence-electron chi connectivity index (χ4n) is 2.69. The van der Waals surface area contributed by atoms with Gasteiger partial charge in [-0.1, -0.05) is 32.0 Å². The molecule has 1 unspecified atom stereocenters. The molecular weight excluding hydrogens is 194 g/mol. The first-order valence-electron chi connectivity index (χ1n) is 6.38.